The highest BCUT2D eigenvalue weighted by Crippen LogP contribution is 2.39. The molecule has 0 bridgehead atoms. The van der Waals surface area contributed by atoms with Crippen molar-refractivity contribution < 1.29 is 24.5 Å². The second kappa shape index (κ2) is 3.35. The van der Waals surface area contributed by atoms with Crippen molar-refractivity contribution in [1.82, 2.24) is 0 Å². The van der Waals surface area contributed by atoms with Crippen molar-refractivity contribution >= 4 is 28.6 Å². The maximum absolute atomic E-state index is 11.3. The number of esters is 1. The molecular formula is C8H9IO5. The number of ether oxygens (including phenoxy) is 2. The largest absolute Gasteiger partial charge is 0.471 e. The number of hydrogen-bond acceptors (Lipinski definition) is 5. The molecule has 2 heterocycles. The molecule has 0 amide bonds. The van der Waals surface area contributed by atoms with Gasteiger partial charge in [0.25, 0.3) is 0 Å². The standard InChI is InChI=1S/C8H9IO5/c9-5-7(11)14-3-4-6(10)13-2-1-8(4,5)12/h3,5,7,11-12H,1-2H2/t5-,7?,8-/m0/s1. The van der Waals surface area contributed by atoms with E-state index in [2.05, 4.69) is 0 Å². The van der Waals surface area contributed by atoms with E-state index >= 15 is 0 Å². The average molecular weight is 312 g/mol. The minimum absolute atomic E-state index is 0.0912. The number of aliphatic hydroxyl groups is 2. The molecule has 0 radical (unpaired) electrons. The summed E-state index contributed by atoms with van der Waals surface area (Å²) in [5, 5.41) is 19.6. The second-order valence-corrected chi connectivity index (χ2v) is 4.61. The van der Waals surface area contributed by atoms with Crippen molar-refractivity contribution in [2.24, 2.45) is 0 Å². The van der Waals surface area contributed by atoms with Crippen LogP contribution >= 0.6 is 22.6 Å². The third-order valence-corrected chi connectivity index (χ3v) is 4.08. The lowest BCUT2D eigenvalue weighted by molar-refractivity contribution is -0.159. The molecule has 3 atom stereocenters. The quantitative estimate of drug-likeness (QED) is 0.365. The van der Waals surface area contributed by atoms with Gasteiger partial charge in [-0.2, -0.15) is 0 Å². The minimum Gasteiger partial charge on any atom is -0.471 e. The molecule has 1 unspecified atom stereocenters. The van der Waals surface area contributed by atoms with Crippen molar-refractivity contribution in [2.45, 2.75) is 22.2 Å². The van der Waals surface area contributed by atoms with E-state index in [1.165, 1.54) is 0 Å². The van der Waals surface area contributed by atoms with Crippen molar-refractivity contribution in [3.63, 3.8) is 0 Å². The highest BCUT2D eigenvalue weighted by molar-refractivity contribution is 14.1. The first-order chi connectivity index (χ1) is 6.55. The molecule has 5 nitrogen and oxygen atoms in total. The molecule has 0 aromatic rings. The first kappa shape index (κ1) is 10.2. The molecule has 0 saturated carbocycles. The first-order valence-corrected chi connectivity index (χ1v) is 5.38. The minimum atomic E-state index is -1.33. The Hall–Kier alpha value is -0.340. The zero-order chi connectivity index (χ0) is 10.3. The van der Waals surface area contributed by atoms with Gasteiger partial charge in [0, 0.05) is 6.42 Å². The lowest BCUT2D eigenvalue weighted by atomic mass is 9.84. The predicted octanol–water partition coefficient (Wildman–Crippen LogP) is -0.300. The summed E-state index contributed by atoms with van der Waals surface area (Å²) in [6.07, 6.45) is 0.287. The molecule has 0 aliphatic carbocycles. The normalized spacial score (nSPS) is 41.9. The summed E-state index contributed by atoms with van der Waals surface area (Å²) in [6.45, 7) is 0.166. The number of aliphatic hydroxyl groups excluding tert-OH is 1. The molecule has 78 valence electrons. The number of carbonyl (C=O) groups is 1. The number of fused-ring (bicyclic) bond motifs is 1. The van der Waals surface area contributed by atoms with Crippen LogP contribution in [0.5, 0.6) is 0 Å². The summed E-state index contributed by atoms with van der Waals surface area (Å²) in [6, 6.07) is 0. The Balaban J connectivity index is 2.40. The number of alkyl halides is 1. The van der Waals surface area contributed by atoms with Crippen LogP contribution in [-0.2, 0) is 14.3 Å². The van der Waals surface area contributed by atoms with Gasteiger partial charge >= 0.3 is 5.97 Å². The Morgan fingerprint density at radius 2 is 2.36 bits per heavy atom. The molecule has 0 aromatic carbocycles. The van der Waals surface area contributed by atoms with Gasteiger partial charge in [-0.15, -0.1) is 0 Å². The highest BCUT2D eigenvalue weighted by Gasteiger charge is 2.51. The lowest BCUT2D eigenvalue weighted by Gasteiger charge is -2.41. The molecule has 14 heavy (non-hydrogen) atoms. The van der Waals surface area contributed by atoms with Gasteiger partial charge in [0.1, 0.15) is 15.1 Å². The van der Waals surface area contributed by atoms with Gasteiger partial charge in [-0.05, 0) is 0 Å². The van der Waals surface area contributed by atoms with E-state index in [1.807, 2.05) is 22.6 Å². The zero-order valence-electron chi connectivity index (χ0n) is 7.14. The molecule has 2 aliphatic heterocycles. The average Bonchev–Trinajstić information content (AvgIpc) is 2.14. The van der Waals surface area contributed by atoms with Gasteiger partial charge in [-0.3, -0.25) is 0 Å². The number of halogens is 1. The summed E-state index contributed by atoms with van der Waals surface area (Å²) < 4.78 is 9.02. The van der Waals surface area contributed by atoms with Gasteiger partial charge in [-0.1, -0.05) is 22.6 Å². The zero-order valence-corrected chi connectivity index (χ0v) is 9.30. The summed E-state index contributed by atoms with van der Waals surface area (Å²) >= 11 is 1.87. The van der Waals surface area contributed by atoms with E-state index < -0.39 is 21.8 Å². The van der Waals surface area contributed by atoms with Crippen molar-refractivity contribution in [2.75, 3.05) is 6.61 Å². The summed E-state index contributed by atoms with van der Waals surface area (Å²) in [4.78, 5) is 11.3. The van der Waals surface area contributed by atoms with Crippen LogP contribution in [0, 0.1) is 0 Å². The lowest BCUT2D eigenvalue weighted by Crippen LogP contribution is -2.55. The third-order valence-electron chi connectivity index (χ3n) is 2.43. The van der Waals surface area contributed by atoms with E-state index in [4.69, 9.17) is 9.47 Å². The molecule has 0 spiro atoms. The van der Waals surface area contributed by atoms with E-state index in [1.54, 1.807) is 0 Å². The second-order valence-electron chi connectivity index (χ2n) is 3.27. The van der Waals surface area contributed by atoms with Crippen molar-refractivity contribution in [3.05, 3.63) is 11.8 Å². The fraction of sp³-hybridized carbons (Fsp3) is 0.625. The predicted molar refractivity (Wildman–Crippen MR) is 53.5 cm³/mol. The topological polar surface area (TPSA) is 76.0 Å². The van der Waals surface area contributed by atoms with Crippen LogP contribution < -0.4 is 0 Å². The van der Waals surface area contributed by atoms with Crippen LogP contribution in [0.3, 0.4) is 0 Å². The number of cyclic esters (lactones) is 1. The van der Waals surface area contributed by atoms with Crippen LogP contribution in [0.4, 0.5) is 0 Å². The van der Waals surface area contributed by atoms with Gasteiger partial charge in [-0.25, -0.2) is 4.79 Å². The summed E-state index contributed by atoms with van der Waals surface area (Å²) in [5.74, 6) is -0.577. The molecule has 6 heteroatoms. The van der Waals surface area contributed by atoms with Crippen LogP contribution in [0.25, 0.3) is 0 Å². The summed E-state index contributed by atoms with van der Waals surface area (Å²) in [5.41, 5.74) is -1.23. The Bertz CT molecular complexity index is 302. The number of rotatable bonds is 0. The fourth-order valence-corrected chi connectivity index (χ4v) is 2.38. The summed E-state index contributed by atoms with van der Waals surface area (Å²) in [7, 11) is 0. The van der Waals surface area contributed by atoms with Crippen LogP contribution in [-0.4, -0.2) is 38.6 Å². The fourth-order valence-electron chi connectivity index (χ4n) is 1.57. The van der Waals surface area contributed by atoms with Gasteiger partial charge in [0.15, 0.2) is 0 Å². The van der Waals surface area contributed by atoms with E-state index in [0.29, 0.717) is 6.42 Å². The first-order valence-electron chi connectivity index (χ1n) is 4.13. The van der Waals surface area contributed by atoms with E-state index in [0.717, 1.165) is 6.26 Å². The van der Waals surface area contributed by atoms with Crippen molar-refractivity contribution in [1.29, 1.82) is 0 Å². The van der Waals surface area contributed by atoms with Crippen LogP contribution in [0.1, 0.15) is 6.42 Å². The van der Waals surface area contributed by atoms with Gasteiger partial charge in [0.05, 0.1) is 12.9 Å². The number of carbonyl (C=O) groups excluding carboxylic acids is 1. The van der Waals surface area contributed by atoms with E-state index in [9.17, 15) is 15.0 Å². The Morgan fingerprint density at radius 3 is 3.07 bits per heavy atom. The SMILES string of the molecule is O=C1OCC[C@]2(O)C1=COC(O)[C@@H]2I. The Kier molecular flexibility index (Phi) is 2.44. The van der Waals surface area contributed by atoms with Crippen LogP contribution in [0.2, 0.25) is 0 Å². The maximum Gasteiger partial charge on any atom is 0.340 e. The monoisotopic (exact) mass is 312 g/mol. The molecule has 2 rings (SSSR count). The van der Waals surface area contributed by atoms with Gasteiger partial charge < -0.3 is 19.7 Å². The third kappa shape index (κ3) is 1.32. The smallest absolute Gasteiger partial charge is 0.340 e. The Labute approximate surface area is 93.8 Å². The molecular weight excluding hydrogens is 303 g/mol. The van der Waals surface area contributed by atoms with Gasteiger partial charge in [0.2, 0.25) is 6.29 Å². The maximum atomic E-state index is 11.3. The van der Waals surface area contributed by atoms with E-state index in [-0.39, 0.29) is 12.2 Å². The molecule has 1 saturated heterocycles. The Morgan fingerprint density at radius 1 is 1.64 bits per heavy atom. The molecule has 0 aromatic heterocycles. The molecule has 2 N–H and O–H groups in total. The highest BCUT2D eigenvalue weighted by atomic mass is 127. The number of hydrogen-bond donors (Lipinski definition) is 2. The van der Waals surface area contributed by atoms with Crippen molar-refractivity contribution in [3.8, 4) is 0 Å². The molecule has 1 fully saturated rings. The molecule has 2 aliphatic rings. The van der Waals surface area contributed by atoms with Crippen LogP contribution in [0.15, 0.2) is 11.8 Å².